The molecule has 2 heterocycles. The first kappa shape index (κ1) is 26.2. The van der Waals surface area contributed by atoms with Crippen LogP contribution in [0.3, 0.4) is 0 Å². The second-order valence-corrected chi connectivity index (χ2v) is 8.75. The number of rotatable bonds is 10. The van der Waals surface area contributed by atoms with Crippen molar-refractivity contribution < 1.29 is 9.47 Å². The van der Waals surface area contributed by atoms with Crippen molar-refractivity contribution in [3.63, 3.8) is 0 Å². The second-order valence-electron chi connectivity index (χ2n) is 8.75. The zero-order valence-electron chi connectivity index (χ0n) is 20.8. The first-order valence-corrected chi connectivity index (χ1v) is 11.7. The van der Waals surface area contributed by atoms with Crippen LogP contribution in [-0.4, -0.2) is 79.2 Å². The van der Waals surface area contributed by atoms with Crippen LogP contribution in [0.4, 0.5) is 0 Å². The van der Waals surface area contributed by atoms with Crippen molar-refractivity contribution in [3.05, 3.63) is 48.9 Å². The van der Waals surface area contributed by atoms with Gasteiger partial charge in [-0.3, -0.25) is 5.01 Å². The molecule has 180 valence electrons. The lowest BCUT2D eigenvalue weighted by Crippen LogP contribution is -2.56. The minimum absolute atomic E-state index is 0.102. The molecule has 2 saturated heterocycles. The SMILES string of the molecule is C=C(C)/C=C\C(=C)N(C1CCCCO1)N(C)N(C)C(=NC(=C)CC)OC[C@@H]1CCCN1C. The molecule has 2 atom stereocenters. The fourth-order valence-corrected chi connectivity index (χ4v) is 3.83. The van der Waals surface area contributed by atoms with Gasteiger partial charge < -0.3 is 14.4 Å². The van der Waals surface area contributed by atoms with Crippen molar-refractivity contribution in [2.45, 2.75) is 64.6 Å². The number of likely N-dealkylation sites (N-methyl/N-ethyl adjacent to an activating group) is 1. The highest BCUT2D eigenvalue weighted by Gasteiger charge is 2.30. The Hall–Kier alpha value is -2.09. The monoisotopic (exact) mass is 445 g/mol. The van der Waals surface area contributed by atoms with E-state index >= 15 is 0 Å². The summed E-state index contributed by atoms with van der Waals surface area (Å²) in [5.74, 6) is 0. The number of amidine groups is 1. The molecule has 0 bridgehead atoms. The Kier molecular flexibility index (Phi) is 10.5. The van der Waals surface area contributed by atoms with Crippen molar-refractivity contribution in [1.82, 2.24) is 20.0 Å². The third-order valence-corrected chi connectivity index (χ3v) is 6.04. The summed E-state index contributed by atoms with van der Waals surface area (Å²) in [6.07, 6.45) is 10.1. The van der Waals surface area contributed by atoms with E-state index in [-0.39, 0.29) is 6.23 Å². The van der Waals surface area contributed by atoms with E-state index in [1.807, 2.05) is 50.2 Å². The van der Waals surface area contributed by atoms with Crippen LogP contribution in [-0.2, 0) is 9.47 Å². The lowest BCUT2D eigenvalue weighted by molar-refractivity contribution is -0.205. The van der Waals surface area contributed by atoms with Crippen molar-refractivity contribution in [2.75, 3.05) is 40.9 Å². The summed E-state index contributed by atoms with van der Waals surface area (Å²) in [5.41, 5.74) is 2.57. The van der Waals surface area contributed by atoms with Gasteiger partial charge in [-0.15, -0.1) is 5.12 Å². The molecule has 0 spiro atoms. The third-order valence-electron chi connectivity index (χ3n) is 6.04. The summed E-state index contributed by atoms with van der Waals surface area (Å²) in [6, 6.07) is 0.928. The number of ether oxygens (including phenoxy) is 2. The third kappa shape index (κ3) is 7.50. The van der Waals surface area contributed by atoms with Crippen LogP contribution in [0.1, 0.15) is 52.4 Å². The molecule has 0 N–H and O–H groups in total. The molecule has 7 nitrogen and oxygen atoms in total. The van der Waals surface area contributed by atoms with E-state index in [4.69, 9.17) is 14.5 Å². The van der Waals surface area contributed by atoms with Gasteiger partial charge in [0.05, 0.1) is 0 Å². The highest BCUT2D eigenvalue weighted by molar-refractivity contribution is 5.74. The average molecular weight is 446 g/mol. The Morgan fingerprint density at radius 1 is 1.16 bits per heavy atom. The lowest BCUT2D eigenvalue weighted by Gasteiger charge is -2.45. The van der Waals surface area contributed by atoms with Crippen LogP contribution >= 0.6 is 0 Å². The second kappa shape index (κ2) is 12.8. The predicted molar refractivity (Wildman–Crippen MR) is 133 cm³/mol. The Morgan fingerprint density at radius 3 is 2.47 bits per heavy atom. The van der Waals surface area contributed by atoms with Gasteiger partial charge in [-0.2, -0.15) is 0 Å². The summed E-state index contributed by atoms with van der Waals surface area (Å²) in [6.45, 7) is 18.8. The molecule has 0 aromatic rings. The minimum atomic E-state index is -0.102. The fraction of sp³-hybridized carbons (Fsp3) is 0.640. The molecule has 0 aromatic heterocycles. The maximum absolute atomic E-state index is 6.27. The van der Waals surface area contributed by atoms with Crippen molar-refractivity contribution >= 4 is 6.02 Å². The highest BCUT2D eigenvalue weighted by Crippen LogP contribution is 2.24. The van der Waals surface area contributed by atoms with E-state index in [9.17, 15) is 0 Å². The van der Waals surface area contributed by atoms with Gasteiger partial charge in [0.2, 0.25) is 0 Å². The Labute approximate surface area is 195 Å². The van der Waals surface area contributed by atoms with E-state index in [0.29, 0.717) is 18.7 Å². The normalized spacial score (nSPS) is 22.4. The van der Waals surface area contributed by atoms with Crippen LogP contribution in [0.5, 0.6) is 0 Å². The summed E-state index contributed by atoms with van der Waals surface area (Å²) in [7, 11) is 6.08. The van der Waals surface area contributed by atoms with E-state index in [1.54, 1.807) is 0 Å². The van der Waals surface area contributed by atoms with Crippen molar-refractivity contribution in [2.24, 2.45) is 4.99 Å². The van der Waals surface area contributed by atoms with E-state index < -0.39 is 0 Å². The smallest absolute Gasteiger partial charge is 0.308 e. The lowest BCUT2D eigenvalue weighted by atomic mass is 10.1. The number of hydrogen-bond donors (Lipinski definition) is 0. The maximum atomic E-state index is 6.27. The van der Waals surface area contributed by atoms with Crippen LogP contribution in [0.25, 0.3) is 0 Å². The number of allylic oxidation sites excluding steroid dienone is 4. The number of nitrogens with zero attached hydrogens (tertiary/aromatic N) is 5. The van der Waals surface area contributed by atoms with Crippen molar-refractivity contribution in [3.8, 4) is 0 Å². The Balaban J connectivity index is 2.24. The molecule has 32 heavy (non-hydrogen) atoms. The topological polar surface area (TPSA) is 43.8 Å². The van der Waals surface area contributed by atoms with Crippen molar-refractivity contribution in [1.29, 1.82) is 0 Å². The van der Waals surface area contributed by atoms with Gasteiger partial charge in [-0.1, -0.05) is 38.3 Å². The maximum Gasteiger partial charge on any atom is 0.308 e. The first-order chi connectivity index (χ1) is 15.2. The Morgan fingerprint density at radius 2 is 1.91 bits per heavy atom. The molecule has 1 unspecified atom stereocenters. The minimum Gasteiger partial charge on any atom is -0.462 e. The molecular weight excluding hydrogens is 402 g/mol. The van der Waals surface area contributed by atoms with Gasteiger partial charge in [-0.05, 0) is 65.1 Å². The van der Waals surface area contributed by atoms with Gasteiger partial charge in [0.25, 0.3) is 0 Å². The van der Waals surface area contributed by atoms with Gasteiger partial charge >= 0.3 is 6.02 Å². The zero-order valence-corrected chi connectivity index (χ0v) is 20.8. The zero-order chi connectivity index (χ0) is 23.7. The van der Waals surface area contributed by atoms with Crippen LogP contribution in [0.15, 0.2) is 53.8 Å². The summed E-state index contributed by atoms with van der Waals surface area (Å²) >= 11 is 0. The van der Waals surface area contributed by atoms with Gasteiger partial charge in [-0.25, -0.2) is 10.0 Å². The molecule has 2 aliphatic rings. The number of aliphatic imine (C=N–C) groups is 1. The predicted octanol–water partition coefficient (Wildman–Crippen LogP) is 4.55. The highest BCUT2D eigenvalue weighted by atomic mass is 16.5. The van der Waals surface area contributed by atoms with Gasteiger partial charge in [0, 0.05) is 38.1 Å². The Bertz CT molecular complexity index is 711. The van der Waals surface area contributed by atoms with Gasteiger partial charge in [0.1, 0.15) is 12.8 Å². The summed E-state index contributed by atoms with van der Waals surface area (Å²) < 4.78 is 12.4. The first-order valence-electron chi connectivity index (χ1n) is 11.7. The van der Waals surface area contributed by atoms with Crippen LogP contribution < -0.4 is 0 Å². The standard InChI is InChI=1S/C25H43N5O2/c1-9-21(4)26-25(32-19-23-13-12-17-27(23)6)28(7)29(8)30(22(5)16-15-20(2)3)24-14-10-11-18-31-24/h15-16,23-24H,2,4-5,9-14,17-19H2,1,3,6-8H3/b16-15-,26-25?/t23-,24?/m0/s1. The summed E-state index contributed by atoms with van der Waals surface area (Å²) in [4.78, 5) is 7.05. The van der Waals surface area contributed by atoms with E-state index in [0.717, 1.165) is 62.2 Å². The molecule has 0 aliphatic carbocycles. The van der Waals surface area contributed by atoms with Crippen LogP contribution in [0, 0.1) is 0 Å². The molecule has 0 saturated carbocycles. The molecule has 7 heteroatoms. The van der Waals surface area contributed by atoms with E-state index in [1.165, 1.54) is 6.42 Å². The molecule has 2 rings (SSSR count). The average Bonchev–Trinajstić information content (AvgIpc) is 3.19. The number of hydrazine groups is 2. The number of hydrogen-bond acceptors (Lipinski definition) is 6. The quantitative estimate of drug-likeness (QED) is 0.213. The fourth-order valence-electron chi connectivity index (χ4n) is 3.83. The molecular formula is C25H43N5O2. The molecule has 0 aromatic carbocycles. The number of likely N-dealkylation sites (tertiary alicyclic amines) is 1. The molecule has 0 radical (unpaired) electrons. The molecule has 2 aliphatic heterocycles. The largest absolute Gasteiger partial charge is 0.462 e. The van der Waals surface area contributed by atoms with E-state index in [2.05, 4.69) is 36.7 Å². The van der Waals surface area contributed by atoms with Gasteiger partial charge in [0.15, 0.2) is 0 Å². The van der Waals surface area contributed by atoms with Crippen LogP contribution in [0.2, 0.25) is 0 Å². The molecule has 2 fully saturated rings. The molecule has 0 amide bonds. The summed E-state index contributed by atoms with van der Waals surface area (Å²) in [5, 5.41) is 5.95.